The summed E-state index contributed by atoms with van der Waals surface area (Å²) < 4.78 is 7.08. The van der Waals surface area contributed by atoms with Crippen molar-refractivity contribution in [1.29, 1.82) is 0 Å². The highest BCUT2D eigenvalue weighted by Gasteiger charge is 2.72. The number of carbonyl (C=O) groups is 2. The van der Waals surface area contributed by atoms with E-state index in [1.54, 1.807) is 23.5 Å². The Labute approximate surface area is 154 Å². The van der Waals surface area contributed by atoms with Gasteiger partial charge in [0.25, 0.3) is 0 Å². The summed E-state index contributed by atoms with van der Waals surface area (Å²) in [6.45, 7) is 5.96. The third-order valence-electron chi connectivity index (χ3n) is 6.18. The minimum Gasteiger partial charge on any atom is -0.367 e. The Kier molecular flexibility index (Phi) is 2.93. The molecular weight excluding hydrogens is 358 g/mol. The van der Waals surface area contributed by atoms with Crippen molar-refractivity contribution in [3.8, 4) is 0 Å². The van der Waals surface area contributed by atoms with Crippen molar-refractivity contribution in [1.82, 2.24) is 0 Å². The van der Waals surface area contributed by atoms with Crippen LogP contribution in [0.15, 0.2) is 18.2 Å². The molecule has 2 amide bonds. The molecule has 3 aliphatic rings. The number of nitrogens with zero attached hydrogens (tertiary/aromatic N) is 1. The first kappa shape index (κ1) is 15.8. The number of amides is 2. The van der Waals surface area contributed by atoms with Crippen LogP contribution < -0.4 is 4.90 Å². The second kappa shape index (κ2) is 4.64. The van der Waals surface area contributed by atoms with E-state index in [9.17, 15) is 9.59 Å². The van der Waals surface area contributed by atoms with Crippen LogP contribution in [-0.2, 0) is 14.3 Å². The Morgan fingerprint density at radius 3 is 2.36 bits per heavy atom. The lowest BCUT2D eigenvalue weighted by Gasteiger charge is -2.27. The molecule has 25 heavy (non-hydrogen) atoms. The van der Waals surface area contributed by atoms with E-state index in [2.05, 4.69) is 0 Å². The molecule has 130 valence electrons. The summed E-state index contributed by atoms with van der Waals surface area (Å²) in [5, 5.41) is 1.53. The SMILES string of the molecule is Cc1cc2c(N3C(=O)C4C(C3=O)C3(C)CCC4(C)O3)ccc(Cl)c2s1. The monoisotopic (exact) mass is 375 g/mol. The van der Waals surface area contributed by atoms with Gasteiger partial charge in [-0.05, 0) is 51.8 Å². The number of carbonyl (C=O) groups excluding carboxylic acids is 2. The van der Waals surface area contributed by atoms with E-state index in [1.807, 2.05) is 26.8 Å². The van der Waals surface area contributed by atoms with Crippen LogP contribution in [-0.4, -0.2) is 23.0 Å². The average Bonchev–Trinajstić information content (AvgIpc) is 3.21. The topological polar surface area (TPSA) is 46.6 Å². The van der Waals surface area contributed by atoms with E-state index >= 15 is 0 Å². The van der Waals surface area contributed by atoms with Gasteiger partial charge in [-0.3, -0.25) is 9.59 Å². The second-order valence-electron chi connectivity index (χ2n) is 7.86. The Hall–Kier alpha value is -1.43. The smallest absolute Gasteiger partial charge is 0.240 e. The number of aryl methyl sites for hydroxylation is 1. The Morgan fingerprint density at radius 1 is 1.16 bits per heavy atom. The van der Waals surface area contributed by atoms with E-state index < -0.39 is 11.2 Å². The van der Waals surface area contributed by atoms with Gasteiger partial charge in [-0.1, -0.05) is 11.6 Å². The number of benzene rings is 1. The lowest BCUT2D eigenvalue weighted by atomic mass is 9.69. The molecule has 2 bridgehead atoms. The molecule has 0 radical (unpaired) electrons. The molecule has 0 saturated carbocycles. The van der Waals surface area contributed by atoms with Crippen molar-refractivity contribution in [2.45, 2.75) is 44.8 Å². The van der Waals surface area contributed by atoms with Gasteiger partial charge in [-0.25, -0.2) is 4.90 Å². The highest BCUT2D eigenvalue weighted by atomic mass is 35.5. The lowest BCUT2D eigenvalue weighted by Crippen LogP contribution is -2.40. The maximum atomic E-state index is 13.3. The van der Waals surface area contributed by atoms with Crippen LogP contribution in [0.2, 0.25) is 5.02 Å². The van der Waals surface area contributed by atoms with Crippen LogP contribution in [0.3, 0.4) is 0 Å². The highest BCUT2D eigenvalue weighted by Crippen LogP contribution is 2.61. The van der Waals surface area contributed by atoms with Crippen LogP contribution in [0.25, 0.3) is 10.1 Å². The third kappa shape index (κ3) is 1.81. The van der Waals surface area contributed by atoms with E-state index in [1.165, 1.54) is 4.90 Å². The van der Waals surface area contributed by atoms with Crippen molar-refractivity contribution in [3.63, 3.8) is 0 Å². The molecule has 3 aliphatic heterocycles. The van der Waals surface area contributed by atoms with Crippen molar-refractivity contribution >= 4 is 50.5 Å². The number of thiophene rings is 1. The summed E-state index contributed by atoms with van der Waals surface area (Å²) >= 11 is 7.90. The molecule has 4 heterocycles. The van der Waals surface area contributed by atoms with Gasteiger partial charge in [0.1, 0.15) is 0 Å². The number of imide groups is 1. The largest absolute Gasteiger partial charge is 0.367 e. The van der Waals surface area contributed by atoms with Gasteiger partial charge in [0.15, 0.2) is 0 Å². The summed E-state index contributed by atoms with van der Waals surface area (Å²) in [7, 11) is 0. The number of anilines is 1. The summed E-state index contributed by atoms with van der Waals surface area (Å²) in [5.74, 6) is -1.03. The molecule has 4 atom stereocenters. The molecule has 0 aliphatic carbocycles. The van der Waals surface area contributed by atoms with Gasteiger partial charge in [-0.2, -0.15) is 0 Å². The average molecular weight is 376 g/mol. The highest BCUT2D eigenvalue weighted by molar-refractivity contribution is 7.19. The standard InChI is InChI=1S/C19H18ClNO3S/c1-9-8-10-12(5-4-11(20)15(10)25-9)21-16(22)13-14(17(21)23)19(3)7-6-18(13,2)24-19/h4-5,8,13-14H,6-7H2,1-3H3. The lowest BCUT2D eigenvalue weighted by molar-refractivity contribution is -0.129. The van der Waals surface area contributed by atoms with E-state index in [-0.39, 0.29) is 23.7 Å². The molecule has 1 aromatic carbocycles. The van der Waals surface area contributed by atoms with Crippen LogP contribution in [0.1, 0.15) is 31.6 Å². The Bertz CT molecular complexity index is 935. The fraction of sp³-hybridized carbons (Fsp3) is 0.474. The number of fused-ring (bicyclic) bond motifs is 6. The number of hydrogen-bond acceptors (Lipinski definition) is 4. The van der Waals surface area contributed by atoms with Crippen molar-refractivity contribution < 1.29 is 14.3 Å². The van der Waals surface area contributed by atoms with Crippen molar-refractivity contribution in [2.24, 2.45) is 11.8 Å². The molecule has 5 rings (SSSR count). The van der Waals surface area contributed by atoms with Gasteiger partial charge in [0.2, 0.25) is 11.8 Å². The van der Waals surface area contributed by atoms with Crippen LogP contribution >= 0.6 is 22.9 Å². The van der Waals surface area contributed by atoms with Gasteiger partial charge in [-0.15, -0.1) is 11.3 Å². The zero-order chi connectivity index (χ0) is 17.7. The zero-order valence-corrected chi connectivity index (χ0v) is 15.8. The van der Waals surface area contributed by atoms with Crippen LogP contribution in [0, 0.1) is 18.8 Å². The zero-order valence-electron chi connectivity index (χ0n) is 14.3. The molecule has 4 unspecified atom stereocenters. The Balaban J connectivity index is 1.69. The summed E-state index contributed by atoms with van der Waals surface area (Å²) in [5.41, 5.74) is -0.409. The van der Waals surface area contributed by atoms with Gasteiger partial charge in [0, 0.05) is 10.3 Å². The van der Waals surface area contributed by atoms with Crippen molar-refractivity contribution in [3.05, 3.63) is 28.1 Å². The van der Waals surface area contributed by atoms with Crippen LogP contribution in [0.5, 0.6) is 0 Å². The number of hydrogen-bond donors (Lipinski definition) is 0. The minimum absolute atomic E-state index is 0.131. The van der Waals surface area contributed by atoms with E-state index in [0.717, 1.165) is 27.8 Å². The number of ether oxygens (including phenoxy) is 1. The normalized spacial score (nSPS) is 36.7. The van der Waals surface area contributed by atoms with Crippen LogP contribution in [0.4, 0.5) is 5.69 Å². The maximum absolute atomic E-state index is 13.3. The fourth-order valence-corrected chi connectivity index (χ4v) is 6.32. The molecule has 3 saturated heterocycles. The van der Waals surface area contributed by atoms with Crippen molar-refractivity contribution in [2.75, 3.05) is 4.90 Å². The first-order valence-electron chi connectivity index (χ1n) is 8.52. The molecule has 0 spiro atoms. The predicted molar refractivity (Wildman–Crippen MR) is 98.2 cm³/mol. The summed E-state index contributed by atoms with van der Waals surface area (Å²) in [6, 6.07) is 5.57. The molecular formula is C19H18ClNO3S. The first-order chi connectivity index (χ1) is 11.8. The quantitative estimate of drug-likeness (QED) is 0.698. The second-order valence-corrected chi connectivity index (χ2v) is 9.52. The van der Waals surface area contributed by atoms with Gasteiger partial charge < -0.3 is 4.74 Å². The molecule has 2 aromatic rings. The summed E-state index contributed by atoms with van der Waals surface area (Å²) in [6.07, 6.45) is 1.65. The van der Waals surface area contributed by atoms with Gasteiger partial charge in [0.05, 0.1) is 38.4 Å². The van der Waals surface area contributed by atoms with Gasteiger partial charge >= 0.3 is 0 Å². The molecule has 1 aromatic heterocycles. The molecule has 3 fully saturated rings. The minimum atomic E-state index is -0.531. The molecule has 6 heteroatoms. The molecule has 4 nitrogen and oxygen atoms in total. The predicted octanol–water partition coefficient (Wildman–Crippen LogP) is 4.31. The first-order valence-corrected chi connectivity index (χ1v) is 9.71. The Morgan fingerprint density at radius 2 is 1.76 bits per heavy atom. The maximum Gasteiger partial charge on any atom is 0.240 e. The number of rotatable bonds is 1. The third-order valence-corrected chi connectivity index (χ3v) is 7.69. The number of halogens is 1. The summed E-state index contributed by atoms with van der Waals surface area (Å²) in [4.78, 5) is 29.0. The fourth-order valence-electron chi connectivity index (χ4n) is 5.10. The van der Waals surface area contributed by atoms with E-state index in [4.69, 9.17) is 16.3 Å². The molecule has 0 N–H and O–H groups in total. The van der Waals surface area contributed by atoms with E-state index in [0.29, 0.717) is 10.7 Å².